The number of aromatic nitrogens is 1. The molecule has 13 rings (SSSR count). The second kappa shape index (κ2) is 15.9. The smallest absolute Gasteiger partial charge is 0.179 e. The van der Waals surface area contributed by atoms with Crippen molar-refractivity contribution in [2.75, 3.05) is 0 Å². The van der Waals surface area contributed by atoms with Gasteiger partial charge in [0.15, 0.2) is 8.07 Å². The molecular formula is C64H43NOSi. The van der Waals surface area contributed by atoms with Gasteiger partial charge in [0.25, 0.3) is 0 Å². The highest BCUT2D eigenvalue weighted by Crippen LogP contribution is 2.43. The third-order valence-electron chi connectivity index (χ3n) is 13.9. The molecule has 0 spiro atoms. The van der Waals surface area contributed by atoms with E-state index in [1.165, 1.54) is 86.6 Å². The zero-order valence-electron chi connectivity index (χ0n) is 36.7. The molecule has 0 unspecified atom stereocenters. The van der Waals surface area contributed by atoms with E-state index in [4.69, 9.17) is 4.42 Å². The lowest BCUT2D eigenvalue weighted by Gasteiger charge is -2.35. The van der Waals surface area contributed by atoms with Gasteiger partial charge in [-0.05, 0) is 107 Å². The molecule has 0 bridgehead atoms. The van der Waals surface area contributed by atoms with E-state index in [0.717, 1.165) is 27.8 Å². The predicted octanol–water partition coefficient (Wildman–Crippen LogP) is 14.2. The van der Waals surface area contributed by atoms with E-state index in [0.29, 0.717) is 0 Å². The molecule has 0 aliphatic carbocycles. The van der Waals surface area contributed by atoms with Crippen LogP contribution >= 0.6 is 0 Å². The second-order valence-electron chi connectivity index (χ2n) is 17.6. The Balaban J connectivity index is 1.05. The van der Waals surface area contributed by atoms with E-state index >= 15 is 0 Å². The Morgan fingerprint density at radius 1 is 0.313 bits per heavy atom. The van der Waals surface area contributed by atoms with Crippen molar-refractivity contribution >= 4 is 83.3 Å². The molecule has 0 aliphatic rings. The van der Waals surface area contributed by atoms with E-state index in [-0.39, 0.29) is 0 Å². The Morgan fingerprint density at radius 2 is 0.821 bits per heavy atom. The Hall–Kier alpha value is -8.50. The van der Waals surface area contributed by atoms with Crippen molar-refractivity contribution in [3.05, 3.63) is 261 Å². The normalized spacial score (nSPS) is 11.9. The summed E-state index contributed by atoms with van der Waals surface area (Å²) in [7, 11) is -2.90. The number of para-hydroxylation sites is 2. The molecular weight excluding hydrogens is 827 g/mol. The van der Waals surface area contributed by atoms with E-state index in [1.807, 2.05) is 6.07 Å². The minimum Gasteiger partial charge on any atom is -0.456 e. The van der Waals surface area contributed by atoms with Crippen molar-refractivity contribution in [1.82, 2.24) is 4.57 Å². The van der Waals surface area contributed by atoms with Gasteiger partial charge in [-0.25, -0.2) is 0 Å². The summed E-state index contributed by atoms with van der Waals surface area (Å²) in [6, 6.07) is 96.3. The van der Waals surface area contributed by atoms with Crippen LogP contribution in [0.5, 0.6) is 0 Å². The highest BCUT2D eigenvalue weighted by Gasteiger charge is 2.42. The molecule has 0 saturated heterocycles. The number of hydrogen-bond donors (Lipinski definition) is 0. The number of benzene rings is 11. The Kier molecular flexibility index (Phi) is 9.22. The van der Waals surface area contributed by atoms with Crippen LogP contribution in [0.25, 0.3) is 93.6 Å². The maximum absolute atomic E-state index is 6.38. The molecule has 0 aliphatic heterocycles. The first kappa shape index (κ1) is 38.9. The third kappa shape index (κ3) is 6.24. The van der Waals surface area contributed by atoms with Crippen LogP contribution in [0.15, 0.2) is 265 Å². The van der Waals surface area contributed by atoms with E-state index in [9.17, 15) is 0 Å². The van der Waals surface area contributed by atoms with E-state index < -0.39 is 8.07 Å². The lowest BCUT2D eigenvalue weighted by atomic mass is 9.87. The summed E-state index contributed by atoms with van der Waals surface area (Å²) in [5.41, 5.74) is 12.5. The van der Waals surface area contributed by atoms with Crippen LogP contribution in [0.1, 0.15) is 0 Å². The van der Waals surface area contributed by atoms with Gasteiger partial charge in [0.1, 0.15) is 11.2 Å². The number of nitrogens with zero attached hydrogens (tertiary/aromatic N) is 1. The lowest BCUT2D eigenvalue weighted by Crippen LogP contribution is -2.74. The fraction of sp³-hybridized carbons (Fsp3) is 0. The summed E-state index contributed by atoms with van der Waals surface area (Å²) in [4.78, 5) is 0. The predicted molar refractivity (Wildman–Crippen MR) is 285 cm³/mol. The molecule has 11 aromatic carbocycles. The molecule has 0 fully saturated rings. The SMILES string of the molecule is c1ccc(-c2cc([Si](c3ccccc3)(c3ccccc3)c3ccccc3)cc(-c3ccccc3)c2-c2ccc3cc(-n4c5ccccc5c5c6c(ccc54)oc4ccccc46)ccc3c2)cc1. The van der Waals surface area contributed by atoms with Crippen molar-refractivity contribution < 1.29 is 4.42 Å². The van der Waals surface area contributed by atoms with Gasteiger partial charge in [0.2, 0.25) is 0 Å². The largest absolute Gasteiger partial charge is 0.456 e. The maximum atomic E-state index is 6.38. The molecule has 3 heteroatoms. The third-order valence-corrected chi connectivity index (χ3v) is 18.7. The number of rotatable bonds is 8. The molecule has 2 heterocycles. The number of furan rings is 1. The van der Waals surface area contributed by atoms with Crippen molar-refractivity contribution in [2.24, 2.45) is 0 Å². The van der Waals surface area contributed by atoms with Crippen LogP contribution in [0.4, 0.5) is 0 Å². The first-order chi connectivity index (χ1) is 33.2. The zero-order chi connectivity index (χ0) is 44.3. The minimum atomic E-state index is -2.90. The van der Waals surface area contributed by atoms with Gasteiger partial charge in [0.05, 0.1) is 11.0 Å². The number of hydrogen-bond acceptors (Lipinski definition) is 1. The van der Waals surface area contributed by atoms with Gasteiger partial charge in [-0.1, -0.05) is 218 Å². The Bertz CT molecular complexity index is 3790. The average Bonchev–Trinajstić information content (AvgIpc) is 3.96. The quantitative estimate of drug-likeness (QED) is 0.110. The van der Waals surface area contributed by atoms with Crippen LogP contribution in [-0.2, 0) is 0 Å². The highest BCUT2D eigenvalue weighted by molar-refractivity contribution is 7.20. The standard InChI is InChI=1S/C64H43NOSi/c1-6-20-44(21-7-1)56-42-53(67(50-24-10-3-11-25-50,51-26-12-4-13-27-51)52-28-14-5-15-29-52)43-57(45-22-8-2-9-23-45)62(56)48-35-34-47-41-49(37-36-46(47)40-48)65-58-32-18-16-30-54(58)63-59(65)38-39-61-64(63)55-31-17-19-33-60(55)66-61/h1-43H. The molecule has 0 radical (unpaired) electrons. The van der Waals surface area contributed by atoms with E-state index in [1.54, 1.807) is 0 Å². The topological polar surface area (TPSA) is 18.1 Å². The van der Waals surface area contributed by atoms with Crippen molar-refractivity contribution in [1.29, 1.82) is 0 Å². The van der Waals surface area contributed by atoms with Crippen LogP contribution in [0.3, 0.4) is 0 Å². The van der Waals surface area contributed by atoms with Crippen molar-refractivity contribution in [3.63, 3.8) is 0 Å². The molecule has 0 N–H and O–H groups in total. The zero-order valence-corrected chi connectivity index (χ0v) is 37.7. The van der Waals surface area contributed by atoms with Gasteiger partial charge < -0.3 is 8.98 Å². The summed E-state index contributed by atoms with van der Waals surface area (Å²) in [6.45, 7) is 0. The maximum Gasteiger partial charge on any atom is 0.179 e. The second-order valence-corrected chi connectivity index (χ2v) is 21.4. The lowest BCUT2D eigenvalue weighted by molar-refractivity contribution is 0.669. The molecule has 13 aromatic rings. The minimum absolute atomic E-state index is 0.911. The summed E-state index contributed by atoms with van der Waals surface area (Å²) < 4.78 is 8.80. The van der Waals surface area contributed by atoms with Gasteiger partial charge in [-0.15, -0.1) is 0 Å². The molecule has 0 amide bonds. The molecule has 0 saturated carbocycles. The monoisotopic (exact) mass is 869 g/mol. The molecule has 0 atom stereocenters. The molecule has 2 aromatic heterocycles. The molecule has 67 heavy (non-hydrogen) atoms. The van der Waals surface area contributed by atoms with E-state index in [2.05, 4.69) is 259 Å². The van der Waals surface area contributed by atoms with Crippen molar-refractivity contribution in [2.45, 2.75) is 0 Å². The first-order valence-electron chi connectivity index (χ1n) is 23.1. The van der Waals surface area contributed by atoms with Crippen LogP contribution in [0.2, 0.25) is 0 Å². The Morgan fingerprint density at radius 3 is 1.43 bits per heavy atom. The summed E-state index contributed by atoms with van der Waals surface area (Å²) in [5.74, 6) is 0. The van der Waals surface area contributed by atoms with Crippen LogP contribution < -0.4 is 20.7 Å². The van der Waals surface area contributed by atoms with Crippen molar-refractivity contribution in [3.8, 4) is 39.1 Å². The summed E-state index contributed by atoms with van der Waals surface area (Å²) >= 11 is 0. The fourth-order valence-electron chi connectivity index (χ4n) is 11.0. The first-order valence-corrected chi connectivity index (χ1v) is 25.1. The van der Waals surface area contributed by atoms with Gasteiger partial charge in [-0.2, -0.15) is 0 Å². The fourth-order valence-corrected chi connectivity index (χ4v) is 15.8. The Labute approximate surface area is 390 Å². The summed E-state index contributed by atoms with van der Waals surface area (Å²) in [6.07, 6.45) is 0. The molecule has 2 nitrogen and oxygen atoms in total. The number of fused-ring (bicyclic) bond motifs is 8. The van der Waals surface area contributed by atoms with Crippen LogP contribution in [0, 0.1) is 0 Å². The van der Waals surface area contributed by atoms with Crippen LogP contribution in [-0.4, -0.2) is 12.6 Å². The highest BCUT2D eigenvalue weighted by atomic mass is 28.3. The van der Waals surface area contributed by atoms with Gasteiger partial charge in [0, 0.05) is 27.2 Å². The average molecular weight is 870 g/mol. The summed E-state index contributed by atoms with van der Waals surface area (Å²) in [5, 5.41) is 12.5. The van der Waals surface area contributed by atoms with Gasteiger partial charge >= 0.3 is 0 Å². The molecule has 314 valence electrons. The van der Waals surface area contributed by atoms with Gasteiger partial charge in [-0.3, -0.25) is 0 Å².